The maximum atomic E-state index is 14.0. The van der Waals surface area contributed by atoms with Crippen molar-refractivity contribution in [1.82, 2.24) is 9.47 Å². The van der Waals surface area contributed by atoms with Crippen molar-refractivity contribution in [1.29, 1.82) is 0 Å². The summed E-state index contributed by atoms with van der Waals surface area (Å²) in [6.07, 6.45) is 3.99. The number of nitrogens with zero attached hydrogens (tertiary/aromatic N) is 3. The van der Waals surface area contributed by atoms with E-state index in [9.17, 15) is 9.59 Å². The van der Waals surface area contributed by atoms with E-state index in [0.717, 1.165) is 57.2 Å². The molecule has 0 aliphatic carbocycles. The summed E-state index contributed by atoms with van der Waals surface area (Å²) in [7, 11) is 1.63. The second kappa shape index (κ2) is 14.5. The van der Waals surface area contributed by atoms with Crippen LogP contribution in [0.5, 0.6) is 5.75 Å². The lowest BCUT2D eigenvalue weighted by molar-refractivity contribution is -0.122. The Bertz CT molecular complexity index is 2240. The van der Waals surface area contributed by atoms with Crippen LogP contribution in [0.3, 0.4) is 0 Å². The second-order valence-electron chi connectivity index (χ2n) is 12.0. The number of esters is 1. The molecule has 8 nitrogen and oxygen atoms in total. The average molecular weight is 664 g/mol. The molecule has 0 N–H and O–H groups in total. The number of unbranched alkanes of at least 4 members (excludes halogenated alkanes) is 1. The number of aliphatic imine (C=N–C) groups is 1. The van der Waals surface area contributed by atoms with Crippen LogP contribution < -0.4 is 4.74 Å². The standard InChI is InChI=1S/C42H37N3O5/c1-3-4-26-49-41(47)34-15-8-10-16-36(34)43-42-44(25-24-29-18-21-32(48-2)22-19-29)40(46)39(50-42)28-30-20-23-38-35(27-30)33-14-9-11-17-37(33)45(38)31-12-6-5-7-13-31/h5-23,27-28H,3-4,24-26H2,1-2H3/b39-28+,43-42-. The lowest BCUT2D eigenvalue weighted by Crippen LogP contribution is -2.32. The van der Waals surface area contributed by atoms with E-state index in [1.807, 2.05) is 67.6 Å². The van der Waals surface area contributed by atoms with Crippen LogP contribution in [-0.2, 0) is 20.7 Å². The van der Waals surface area contributed by atoms with Crippen molar-refractivity contribution in [3.05, 3.63) is 144 Å². The molecule has 1 fully saturated rings. The van der Waals surface area contributed by atoms with Crippen molar-refractivity contribution in [3.8, 4) is 11.4 Å². The Labute approximate surface area is 290 Å². The highest BCUT2D eigenvalue weighted by Gasteiger charge is 2.35. The zero-order chi connectivity index (χ0) is 34.5. The summed E-state index contributed by atoms with van der Waals surface area (Å²) in [5.74, 6) is 0.124. The van der Waals surface area contributed by atoms with Crippen molar-refractivity contribution in [3.63, 3.8) is 0 Å². The highest BCUT2D eigenvalue weighted by atomic mass is 16.5. The van der Waals surface area contributed by atoms with E-state index < -0.39 is 5.97 Å². The molecule has 1 amide bonds. The topological polar surface area (TPSA) is 82.4 Å². The normalized spacial score (nSPS) is 14.5. The van der Waals surface area contributed by atoms with Crippen LogP contribution in [0.15, 0.2) is 132 Å². The molecule has 50 heavy (non-hydrogen) atoms. The van der Waals surface area contributed by atoms with Gasteiger partial charge in [0.1, 0.15) is 5.75 Å². The van der Waals surface area contributed by atoms with Crippen LogP contribution in [0.1, 0.15) is 41.3 Å². The van der Waals surface area contributed by atoms with E-state index in [4.69, 9.17) is 19.2 Å². The molecule has 8 heteroatoms. The number of para-hydroxylation sites is 3. The largest absolute Gasteiger partial charge is 0.497 e. The Morgan fingerprint density at radius 2 is 1.58 bits per heavy atom. The number of fused-ring (bicyclic) bond motifs is 3. The predicted octanol–water partition coefficient (Wildman–Crippen LogP) is 8.88. The predicted molar refractivity (Wildman–Crippen MR) is 197 cm³/mol. The maximum absolute atomic E-state index is 14.0. The van der Waals surface area contributed by atoms with Crippen LogP contribution >= 0.6 is 0 Å². The monoisotopic (exact) mass is 663 g/mol. The van der Waals surface area contributed by atoms with Crippen LogP contribution in [0.25, 0.3) is 33.6 Å². The molecule has 0 radical (unpaired) electrons. The first-order valence-corrected chi connectivity index (χ1v) is 16.8. The van der Waals surface area contributed by atoms with Gasteiger partial charge >= 0.3 is 12.0 Å². The van der Waals surface area contributed by atoms with Crippen molar-refractivity contribution in [2.45, 2.75) is 26.2 Å². The van der Waals surface area contributed by atoms with Crippen molar-refractivity contribution >= 4 is 51.5 Å². The minimum absolute atomic E-state index is 0.102. The Balaban J connectivity index is 1.25. The molecule has 0 bridgehead atoms. The smallest absolute Gasteiger partial charge is 0.340 e. The molecule has 6 aromatic rings. The van der Waals surface area contributed by atoms with Crippen molar-refractivity contribution in [2.75, 3.05) is 20.3 Å². The van der Waals surface area contributed by atoms with E-state index in [-0.39, 0.29) is 17.7 Å². The minimum Gasteiger partial charge on any atom is -0.497 e. The molecule has 0 spiro atoms. The summed E-state index contributed by atoms with van der Waals surface area (Å²) in [5, 5.41) is 2.17. The van der Waals surface area contributed by atoms with E-state index in [1.165, 1.54) is 4.90 Å². The summed E-state index contributed by atoms with van der Waals surface area (Å²) in [6.45, 7) is 2.67. The van der Waals surface area contributed by atoms with Gasteiger partial charge in [0.2, 0.25) is 0 Å². The number of carbonyl (C=O) groups is 2. The molecule has 0 saturated carbocycles. The number of amides is 1. The second-order valence-corrected chi connectivity index (χ2v) is 12.0. The number of benzene rings is 5. The van der Waals surface area contributed by atoms with Gasteiger partial charge in [0.05, 0.1) is 36.0 Å². The van der Waals surface area contributed by atoms with Crippen LogP contribution in [-0.4, -0.2) is 47.6 Å². The highest BCUT2D eigenvalue weighted by Crippen LogP contribution is 2.34. The number of carbonyl (C=O) groups excluding carboxylic acids is 2. The Morgan fingerprint density at radius 1 is 0.840 bits per heavy atom. The molecule has 250 valence electrons. The molecule has 0 atom stereocenters. The highest BCUT2D eigenvalue weighted by molar-refractivity contribution is 6.13. The number of aromatic nitrogens is 1. The van der Waals surface area contributed by atoms with E-state index in [2.05, 4.69) is 41.0 Å². The first-order valence-electron chi connectivity index (χ1n) is 16.8. The fourth-order valence-corrected chi connectivity index (χ4v) is 6.14. The molecule has 1 aliphatic heterocycles. The number of hydrogen-bond donors (Lipinski definition) is 0. The van der Waals surface area contributed by atoms with Gasteiger partial charge in [-0.2, -0.15) is 4.99 Å². The Morgan fingerprint density at radius 3 is 2.38 bits per heavy atom. The zero-order valence-electron chi connectivity index (χ0n) is 28.0. The number of ether oxygens (including phenoxy) is 3. The van der Waals surface area contributed by atoms with Gasteiger partial charge in [-0.3, -0.25) is 9.69 Å². The molecule has 1 aliphatic rings. The quantitative estimate of drug-likeness (QED) is 0.0786. The number of amidine groups is 1. The van der Waals surface area contributed by atoms with Gasteiger partial charge in [0.15, 0.2) is 5.76 Å². The van der Waals surface area contributed by atoms with E-state index in [0.29, 0.717) is 30.8 Å². The van der Waals surface area contributed by atoms with Gasteiger partial charge in [0, 0.05) is 23.0 Å². The summed E-state index contributed by atoms with van der Waals surface area (Å²) >= 11 is 0. The minimum atomic E-state index is -0.466. The fourth-order valence-electron chi connectivity index (χ4n) is 6.14. The van der Waals surface area contributed by atoms with E-state index in [1.54, 1.807) is 37.5 Å². The lowest BCUT2D eigenvalue weighted by Gasteiger charge is -2.14. The zero-order valence-corrected chi connectivity index (χ0v) is 28.0. The lowest BCUT2D eigenvalue weighted by atomic mass is 10.1. The van der Waals surface area contributed by atoms with Crippen LogP contribution in [0.2, 0.25) is 0 Å². The molecule has 1 saturated heterocycles. The maximum Gasteiger partial charge on any atom is 0.340 e. The van der Waals surface area contributed by atoms with Gasteiger partial charge in [-0.25, -0.2) is 4.79 Å². The third-order valence-electron chi connectivity index (χ3n) is 8.75. The molecule has 1 aromatic heterocycles. The first kappa shape index (κ1) is 32.4. The number of methoxy groups -OCH3 is 1. The Kier molecular flexibility index (Phi) is 9.42. The third kappa shape index (κ3) is 6.60. The van der Waals surface area contributed by atoms with Crippen molar-refractivity contribution in [2.24, 2.45) is 4.99 Å². The number of hydrogen-bond acceptors (Lipinski definition) is 6. The Hall–Kier alpha value is -6.15. The van der Waals surface area contributed by atoms with Gasteiger partial charge < -0.3 is 18.8 Å². The van der Waals surface area contributed by atoms with E-state index >= 15 is 0 Å². The van der Waals surface area contributed by atoms with Gasteiger partial charge in [-0.1, -0.05) is 80.1 Å². The first-order chi connectivity index (χ1) is 24.5. The summed E-state index contributed by atoms with van der Waals surface area (Å²) in [5.41, 5.74) is 5.73. The third-order valence-corrected chi connectivity index (χ3v) is 8.75. The van der Waals surface area contributed by atoms with Crippen LogP contribution in [0, 0.1) is 0 Å². The fraction of sp³-hybridized carbons (Fsp3) is 0.167. The molecule has 2 heterocycles. The van der Waals surface area contributed by atoms with Gasteiger partial charge in [-0.15, -0.1) is 0 Å². The van der Waals surface area contributed by atoms with Crippen molar-refractivity contribution < 1.29 is 23.8 Å². The van der Waals surface area contributed by atoms with Crippen LogP contribution in [0.4, 0.5) is 5.69 Å². The van der Waals surface area contributed by atoms with Gasteiger partial charge in [0.25, 0.3) is 5.91 Å². The molecule has 7 rings (SSSR count). The molecular formula is C42H37N3O5. The van der Waals surface area contributed by atoms with Gasteiger partial charge in [-0.05, 0) is 84.6 Å². The summed E-state index contributed by atoms with van der Waals surface area (Å²) < 4.78 is 19.3. The summed E-state index contributed by atoms with van der Waals surface area (Å²) in [4.78, 5) is 33.3. The summed E-state index contributed by atoms with van der Waals surface area (Å²) in [6, 6.07) is 39.5. The molecule has 5 aromatic carbocycles. The molecule has 0 unspecified atom stereocenters. The average Bonchev–Trinajstić information content (AvgIpc) is 3.64. The SMILES string of the molecule is CCCCOC(=O)c1ccccc1/N=C1\O/C(=C/c2ccc3c(c2)c2ccccc2n3-c2ccccc2)C(=O)N1CCc1ccc(OC)cc1. The molecular weight excluding hydrogens is 626 g/mol. The number of rotatable bonds is 11.